The smallest absolute Gasteiger partial charge is 0.308 e. The number of nitrogen functional groups attached to an aromatic ring is 1. The van der Waals surface area contributed by atoms with Crippen LogP contribution in [0.15, 0.2) is 83.8 Å². The highest BCUT2D eigenvalue weighted by Crippen LogP contribution is 2.28. The van der Waals surface area contributed by atoms with Gasteiger partial charge in [-0.25, -0.2) is 4.98 Å². The van der Waals surface area contributed by atoms with Crippen LogP contribution in [0, 0.1) is 0 Å². The molecule has 1 unspecified atom stereocenters. The molecule has 3 aromatic carbocycles. The van der Waals surface area contributed by atoms with E-state index in [4.69, 9.17) is 16.2 Å². The van der Waals surface area contributed by atoms with Crippen molar-refractivity contribution >= 4 is 29.3 Å². The molecule has 12 nitrogen and oxygen atoms in total. The van der Waals surface area contributed by atoms with E-state index in [2.05, 4.69) is 20.9 Å². The topological polar surface area (TPSA) is 183 Å². The minimum Gasteiger partial charge on any atom is -0.461 e. The van der Waals surface area contributed by atoms with Gasteiger partial charge in [0.15, 0.2) is 5.82 Å². The monoisotopic (exact) mass is 665 g/mol. The first-order chi connectivity index (χ1) is 23.6. The molecule has 49 heavy (non-hydrogen) atoms. The first-order valence-electron chi connectivity index (χ1n) is 16.5. The van der Waals surface area contributed by atoms with Crippen LogP contribution in [0.4, 0.5) is 11.5 Å². The van der Waals surface area contributed by atoms with Gasteiger partial charge in [0.05, 0.1) is 18.3 Å². The number of hydrogen-bond acceptors (Lipinski definition) is 9. The second-order valence-electron chi connectivity index (χ2n) is 12.4. The molecule has 1 fully saturated rings. The Labute approximate surface area is 285 Å². The van der Waals surface area contributed by atoms with E-state index in [0.717, 1.165) is 36.0 Å². The quantitative estimate of drug-likeness (QED) is 0.0924. The summed E-state index contributed by atoms with van der Waals surface area (Å²) in [5.74, 6) is -0.956. The van der Waals surface area contributed by atoms with Crippen LogP contribution in [0.3, 0.4) is 0 Å². The highest BCUT2D eigenvalue weighted by atomic mass is 16.5. The highest BCUT2D eigenvalue weighted by Gasteiger charge is 2.25. The lowest BCUT2D eigenvalue weighted by Gasteiger charge is -2.17. The molecule has 2 atom stereocenters. The van der Waals surface area contributed by atoms with Crippen molar-refractivity contribution in [3.63, 3.8) is 0 Å². The zero-order valence-electron chi connectivity index (χ0n) is 27.8. The lowest BCUT2D eigenvalue weighted by molar-refractivity contribution is -0.145. The summed E-state index contributed by atoms with van der Waals surface area (Å²) in [4.78, 5) is 56.7. The van der Waals surface area contributed by atoms with Gasteiger partial charge in [0, 0.05) is 41.5 Å². The lowest BCUT2D eigenvalue weighted by atomic mass is 10.0. The van der Waals surface area contributed by atoms with Crippen LogP contribution in [0.2, 0.25) is 0 Å². The number of rotatable bonds is 15. The number of benzene rings is 3. The van der Waals surface area contributed by atoms with Gasteiger partial charge in [-0.1, -0.05) is 61.5 Å². The molecule has 2 amide bonds. The third-order valence-electron chi connectivity index (χ3n) is 8.35. The van der Waals surface area contributed by atoms with Crippen molar-refractivity contribution in [2.75, 3.05) is 11.1 Å². The van der Waals surface area contributed by atoms with Gasteiger partial charge in [0.1, 0.15) is 13.2 Å². The van der Waals surface area contributed by atoms with Crippen LogP contribution >= 0.6 is 0 Å². The number of nitrogens with zero attached hydrogens (tertiary/aromatic N) is 2. The van der Waals surface area contributed by atoms with Crippen molar-refractivity contribution in [1.29, 1.82) is 0 Å². The Morgan fingerprint density at radius 1 is 1.02 bits per heavy atom. The van der Waals surface area contributed by atoms with Crippen molar-refractivity contribution in [2.45, 2.75) is 77.4 Å². The van der Waals surface area contributed by atoms with Gasteiger partial charge in [0.2, 0.25) is 5.91 Å². The second kappa shape index (κ2) is 16.1. The number of carbonyl (C=O) groups excluding carboxylic acids is 3. The first kappa shape index (κ1) is 34.8. The van der Waals surface area contributed by atoms with Crippen molar-refractivity contribution in [3.05, 3.63) is 112 Å². The van der Waals surface area contributed by atoms with Gasteiger partial charge in [-0.3, -0.25) is 23.7 Å². The summed E-state index contributed by atoms with van der Waals surface area (Å²) in [5, 5.41) is 8.95. The van der Waals surface area contributed by atoms with Gasteiger partial charge in [-0.15, -0.1) is 0 Å². The predicted octanol–water partition coefficient (Wildman–Crippen LogP) is 4.04. The van der Waals surface area contributed by atoms with E-state index in [1.165, 1.54) is 10.8 Å². The summed E-state index contributed by atoms with van der Waals surface area (Å²) >= 11 is 0. The molecule has 0 aliphatic heterocycles. The van der Waals surface area contributed by atoms with Gasteiger partial charge in [-0.2, -0.15) is 0 Å². The molecular weight excluding hydrogens is 622 g/mol. The number of nitrogens with one attached hydrogen (secondary N) is 3. The van der Waals surface area contributed by atoms with E-state index < -0.39 is 23.5 Å². The summed E-state index contributed by atoms with van der Waals surface area (Å²) in [6.45, 7) is 3.91. The van der Waals surface area contributed by atoms with Crippen LogP contribution in [0.5, 0.6) is 0 Å². The Balaban J connectivity index is 1.28. The Hall–Kier alpha value is -5.49. The Bertz CT molecular complexity index is 1860. The summed E-state index contributed by atoms with van der Waals surface area (Å²) < 4.78 is 6.70. The number of carbonyl (C=O) groups is 3. The maximum Gasteiger partial charge on any atom is 0.308 e. The summed E-state index contributed by atoms with van der Waals surface area (Å²) in [6, 6.07) is 21.1. The second-order valence-corrected chi connectivity index (χ2v) is 12.4. The molecule has 0 spiro atoms. The van der Waals surface area contributed by atoms with Gasteiger partial charge in [-0.05, 0) is 61.1 Å². The Morgan fingerprint density at radius 2 is 1.78 bits per heavy atom. The standard InChI is InChI=1S/C37H43N7O5/c1-3-23(2)42-36(47)27-12-15-30(38)29(17-27)32-20-41-35(43-28-13-14-28)37(48)44(32)21-33(45)40-19-25-10-7-11-26(16-25)31(39)18-34(46)49-22-24-8-5-4-6-9-24/h4-12,15-17,20,23,28,31H,3,13-14,18-19,21-22,38-39H2,1-2H3,(H,40,45)(H,41,43)(H,42,47)/t23-,31?/m0/s1. The number of hydrogen-bond donors (Lipinski definition) is 5. The van der Waals surface area contributed by atoms with Crippen molar-refractivity contribution in [2.24, 2.45) is 5.73 Å². The fraction of sp³-hybridized carbons (Fsp3) is 0.324. The molecule has 256 valence electrons. The summed E-state index contributed by atoms with van der Waals surface area (Å²) in [5.41, 5.74) is 16.0. The molecule has 0 bridgehead atoms. The van der Waals surface area contributed by atoms with Gasteiger partial charge < -0.3 is 32.2 Å². The third kappa shape index (κ3) is 9.54. The molecule has 1 aliphatic carbocycles. The lowest BCUT2D eigenvalue weighted by Crippen LogP contribution is -2.34. The third-order valence-corrected chi connectivity index (χ3v) is 8.35. The average Bonchev–Trinajstić information content (AvgIpc) is 3.93. The van der Waals surface area contributed by atoms with E-state index in [1.807, 2.05) is 62.4 Å². The fourth-order valence-electron chi connectivity index (χ4n) is 5.14. The number of esters is 1. The van der Waals surface area contributed by atoms with Crippen LogP contribution < -0.4 is 33.0 Å². The molecular formula is C37H43N7O5. The SMILES string of the molecule is CC[C@H](C)NC(=O)c1ccc(N)c(-c2cnc(NC3CC3)c(=O)n2CC(=O)NCc2cccc(C(N)CC(=O)OCc3ccccc3)c2)c1. The molecule has 5 rings (SSSR count). The number of amides is 2. The predicted molar refractivity (Wildman–Crippen MR) is 188 cm³/mol. The molecule has 1 heterocycles. The van der Waals surface area contributed by atoms with E-state index in [0.29, 0.717) is 22.5 Å². The number of aromatic nitrogens is 2. The summed E-state index contributed by atoms with van der Waals surface area (Å²) in [6.07, 6.45) is 4.12. The van der Waals surface area contributed by atoms with Crippen LogP contribution in [-0.2, 0) is 34.0 Å². The summed E-state index contributed by atoms with van der Waals surface area (Å²) in [7, 11) is 0. The van der Waals surface area contributed by atoms with Gasteiger partial charge in [0.25, 0.3) is 11.5 Å². The molecule has 4 aromatic rings. The largest absolute Gasteiger partial charge is 0.461 e. The molecule has 12 heteroatoms. The van der Waals surface area contributed by atoms with Crippen molar-refractivity contribution in [3.8, 4) is 11.3 Å². The van der Waals surface area contributed by atoms with Crippen LogP contribution in [0.25, 0.3) is 11.3 Å². The van der Waals surface area contributed by atoms with Crippen molar-refractivity contribution in [1.82, 2.24) is 20.2 Å². The maximum absolute atomic E-state index is 13.7. The average molecular weight is 666 g/mol. The van der Waals surface area contributed by atoms with E-state index in [-0.39, 0.29) is 49.9 Å². The zero-order valence-corrected chi connectivity index (χ0v) is 27.8. The minimum absolute atomic E-state index is 0.00275. The highest BCUT2D eigenvalue weighted by molar-refractivity contribution is 5.97. The number of nitrogens with two attached hydrogens (primary N) is 2. The van der Waals surface area contributed by atoms with Crippen molar-refractivity contribution < 1.29 is 19.1 Å². The minimum atomic E-state index is -0.595. The zero-order chi connectivity index (χ0) is 34.9. The van der Waals surface area contributed by atoms with E-state index in [9.17, 15) is 19.2 Å². The van der Waals surface area contributed by atoms with Crippen LogP contribution in [-0.4, -0.2) is 39.4 Å². The fourth-order valence-corrected chi connectivity index (χ4v) is 5.14. The Morgan fingerprint density at radius 3 is 2.51 bits per heavy atom. The molecule has 0 saturated heterocycles. The van der Waals surface area contributed by atoms with E-state index >= 15 is 0 Å². The molecule has 1 aromatic heterocycles. The molecule has 0 radical (unpaired) electrons. The normalized spacial score (nSPS) is 13.6. The first-order valence-corrected chi connectivity index (χ1v) is 16.5. The van der Waals surface area contributed by atoms with E-state index in [1.54, 1.807) is 24.3 Å². The Kier molecular flexibility index (Phi) is 11.4. The molecule has 1 aliphatic rings. The number of anilines is 2. The van der Waals surface area contributed by atoms with Gasteiger partial charge >= 0.3 is 5.97 Å². The van der Waals surface area contributed by atoms with Crippen LogP contribution in [0.1, 0.15) is 72.6 Å². The molecule has 7 N–H and O–H groups in total. The maximum atomic E-state index is 13.7. The molecule has 1 saturated carbocycles. The number of ether oxygens (including phenoxy) is 1.